The quantitative estimate of drug-likeness (QED) is 0.412. The van der Waals surface area contributed by atoms with Crippen LogP contribution in [0.5, 0.6) is 0 Å². The predicted molar refractivity (Wildman–Crippen MR) is 135 cm³/mol. The van der Waals surface area contributed by atoms with Gasteiger partial charge < -0.3 is 21.1 Å². The molecule has 1 saturated heterocycles. The summed E-state index contributed by atoms with van der Waals surface area (Å²) in [5.41, 5.74) is 10.6. The van der Waals surface area contributed by atoms with Crippen molar-refractivity contribution in [3.8, 4) is 0 Å². The number of nitrogens with zero attached hydrogens (tertiary/aromatic N) is 3. The number of fused-ring (bicyclic) bond motifs is 1. The molecule has 0 saturated carbocycles. The maximum Gasteiger partial charge on any atom is 0.248 e. The number of nitrogens with one attached hydrogen (secondary N) is 2. The van der Waals surface area contributed by atoms with Gasteiger partial charge in [-0.25, -0.2) is 9.67 Å². The third-order valence-electron chi connectivity index (χ3n) is 6.52. The third-order valence-corrected chi connectivity index (χ3v) is 6.52. The van der Waals surface area contributed by atoms with Crippen LogP contribution in [0, 0.1) is 0 Å². The van der Waals surface area contributed by atoms with Crippen LogP contribution in [0.4, 0.5) is 5.69 Å². The Bertz CT molecular complexity index is 1180. The summed E-state index contributed by atoms with van der Waals surface area (Å²) in [6, 6.07) is 7.36. The van der Waals surface area contributed by atoms with Crippen LogP contribution in [0.2, 0.25) is 0 Å². The zero-order valence-electron chi connectivity index (χ0n) is 20.5. The van der Waals surface area contributed by atoms with Gasteiger partial charge in [0.25, 0.3) is 0 Å². The Hall–Kier alpha value is -3.46. The Balaban J connectivity index is 1.51. The van der Waals surface area contributed by atoms with Gasteiger partial charge in [-0.3, -0.25) is 9.59 Å². The molecule has 0 atom stereocenters. The SMILES string of the molecule is CCc1nc2c(cnn2CC)c(NC2CCOCC2)c1CNC(=O)CCc1ccc(C(N)=O)cc1. The molecule has 35 heavy (non-hydrogen) atoms. The lowest BCUT2D eigenvalue weighted by Gasteiger charge is -2.26. The van der Waals surface area contributed by atoms with E-state index in [9.17, 15) is 9.59 Å². The summed E-state index contributed by atoms with van der Waals surface area (Å²) in [6.07, 6.45) is 5.43. The minimum absolute atomic E-state index is 0.0348. The molecule has 4 N–H and O–H groups in total. The van der Waals surface area contributed by atoms with E-state index in [2.05, 4.69) is 29.6 Å². The van der Waals surface area contributed by atoms with E-state index in [4.69, 9.17) is 15.5 Å². The Kier molecular flexibility index (Phi) is 7.97. The second kappa shape index (κ2) is 11.3. The molecule has 0 radical (unpaired) electrons. The van der Waals surface area contributed by atoms with Crippen molar-refractivity contribution in [2.45, 2.75) is 65.1 Å². The van der Waals surface area contributed by atoms with E-state index in [1.807, 2.05) is 23.0 Å². The summed E-state index contributed by atoms with van der Waals surface area (Å²) in [4.78, 5) is 28.9. The minimum atomic E-state index is -0.457. The average Bonchev–Trinajstić information content (AvgIpc) is 3.30. The number of benzene rings is 1. The number of carbonyl (C=O) groups excluding carboxylic acids is 2. The zero-order valence-corrected chi connectivity index (χ0v) is 20.5. The lowest BCUT2D eigenvalue weighted by molar-refractivity contribution is -0.121. The van der Waals surface area contributed by atoms with Crippen LogP contribution in [0.3, 0.4) is 0 Å². The van der Waals surface area contributed by atoms with Crippen LogP contribution < -0.4 is 16.4 Å². The second-order valence-corrected chi connectivity index (χ2v) is 8.83. The standard InChI is InChI=1S/C26H34N6O3/c1-3-22-20(15-28-23(33)10-7-17-5-8-18(9-6-17)25(27)34)24(30-19-11-13-35-14-12-19)21-16-29-32(4-2)26(21)31-22/h5-6,8-9,16,19H,3-4,7,10-15H2,1-2H3,(H2,27,34)(H,28,33)(H,30,31). The number of hydrogen-bond acceptors (Lipinski definition) is 6. The lowest BCUT2D eigenvalue weighted by atomic mass is 10.0. The number of nitrogens with two attached hydrogens (primary N) is 1. The summed E-state index contributed by atoms with van der Waals surface area (Å²) >= 11 is 0. The van der Waals surface area contributed by atoms with Gasteiger partial charge in [0.1, 0.15) is 0 Å². The second-order valence-electron chi connectivity index (χ2n) is 8.83. The molecule has 1 aromatic carbocycles. The van der Waals surface area contributed by atoms with Crippen LogP contribution in [0.25, 0.3) is 11.0 Å². The van der Waals surface area contributed by atoms with Gasteiger partial charge in [0, 0.05) is 55.6 Å². The predicted octanol–water partition coefficient (Wildman–Crippen LogP) is 2.95. The minimum Gasteiger partial charge on any atom is -0.381 e. The van der Waals surface area contributed by atoms with Gasteiger partial charge in [-0.2, -0.15) is 5.10 Å². The normalized spacial score (nSPS) is 14.2. The van der Waals surface area contributed by atoms with E-state index in [1.54, 1.807) is 12.1 Å². The molecular weight excluding hydrogens is 444 g/mol. The van der Waals surface area contributed by atoms with E-state index in [-0.39, 0.29) is 5.91 Å². The third kappa shape index (κ3) is 5.79. The van der Waals surface area contributed by atoms with Crippen molar-refractivity contribution < 1.29 is 14.3 Å². The lowest BCUT2D eigenvalue weighted by Crippen LogP contribution is -2.30. The molecular formula is C26H34N6O3. The molecule has 3 aromatic rings. The smallest absolute Gasteiger partial charge is 0.248 e. The number of anilines is 1. The van der Waals surface area contributed by atoms with Crippen molar-refractivity contribution in [1.29, 1.82) is 0 Å². The highest BCUT2D eigenvalue weighted by Crippen LogP contribution is 2.31. The van der Waals surface area contributed by atoms with Crippen LogP contribution in [-0.4, -0.2) is 45.8 Å². The molecule has 0 aliphatic carbocycles. The van der Waals surface area contributed by atoms with Crippen molar-refractivity contribution in [2.24, 2.45) is 5.73 Å². The summed E-state index contributed by atoms with van der Waals surface area (Å²) in [5.74, 6) is -0.492. The average molecular weight is 479 g/mol. The molecule has 9 heteroatoms. The first-order valence-corrected chi connectivity index (χ1v) is 12.4. The van der Waals surface area contributed by atoms with Gasteiger partial charge in [0.2, 0.25) is 11.8 Å². The number of hydrogen-bond donors (Lipinski definition) is 3. The van der Waals surface area contributed by atoms with E-state index in [0.717, 1.165) is 72.6 Å². The van der Waals surface area contributed by atoms with Gasteiger partial charge in [0.05, 0.1) is 17.3 Å². The van der Waals surface area contributed by atoms with Crippen LogP contribution in [-0.2, 0) is 35.5 Å². The van der Waals surface area contributed by atoms with Gasteiger partial charge in [0.15, 0.2) is 5.65 Å². The van der Waals surface area contributed by atoms with E-state index in [0.29, 0.717) is 31.0 Å². The molecule has 2 aromatic heterocycles. The van der Waals surface area contributed by atoms with Gasteiger partial charge in [-0.05, 0) is 50.3 Å². The molecule has 1 fully saturated rings. The number of pyridine rings is 1. The largest absolute Gasteiger partial charge is 0.381 e. The fourth-order valence-electron chi connectivity index (χ4n) is 4.47. The molecule has 0 bridgehead atoms. The van der Waals surface area contributed by atoms with Gasteiger partial charge >= 0.3 is 0 Å². The Morgan fingerprint density at radius 3 is 2.57 bits per heavy atom. The molecule has 186 valence electrons. The van der Waals surface area contributed by atoms with Crippen LogP contribution in [0.1, 0.15) is 60.3 Å². The summed E-state index contributed by atoms with van der Waals surface area (Å²) in [7, 11) is 0. The molecule has 9 nitrogen and oxygen atoms in total. The van der Waals surface area contributed by atoms with Crippen molar-refractivity contribution in [3.63, 3.8) is 0 Å². The fraction of sp³-hybridized carbons (Fsp3) is 0.462. The topological polar surface area (TPSA) is 124 Å². The number of primary amides is 1. The maximum absolute atomic E-state index is 12.7. The number of aryl methyl sites for hydroxylation is 3. The number of aromatic nitrogens is 3. The maximum atomic E-state index is 12.7. The first-order valence-electron chi connectivity index (χ1n) is 12.4. The number of ether oxygens (including phenoxy) is 1. The van der Waals surface area contributed by atoms with Crippen LogP contribution in [0.15, 0.2) is 30.5 Å². The van der Waals surface area contributed by atoms with Crippen molar-refractivity contribution in [3.05, 3.63) is 52.8 Å². The summed E-state index contributed by atoms with van der Waals surface area (Å²) in [6.45, 7) is 6.77. The first-order chi connectivity index (χ1) is 17.0. The van der Waals surface area contributed by atoms with E-state index < -0.39 is 5.91 Å². The Morgan fingerprint density at radius 2 is 1.91 bits per heavy atom. The molecule has 4 rings (SSSR count). The highest BCUT2D eigenvalue weighted by molar-refractivity contribution is 5.93. The Labute approximate surface area is 205 Å². The molecule has 1 aliphatic heterocycles. The zero-order chi connectivity index (χ0) is 24.8. The Morgan fingerprint density at radius 1 is 1.17 bits per heavy atom. The molecule has 1 aliphatic rings. The molecule has 0 unspecified atom stereocenters. The monoisotopic (exact) mass is 478 g/mol. The molecule has 0 spiro atoms. The number of carbonyl (C=O) groups is 2. The highest BCUT2D eigenvalue weighted by atomic mass is 16.5. The van der Waals surface area contributed by atoms with Crippen molar-refractivity contribution >= 4 is 28.5 Å². The van der Waals surface area contributed by atoms with E-state index in [1.165, 1.54) is 0 Å². The highest BCUT2D eigenvalue weighted by Gasteiger charge is 2.22. The first kappa shape index (κ1) is 24.7. The van der Waals surface area contributed by atoms with E-state index >= 15 is 0 Å². The number of rotatable bonds is 10. The summed E-state index contributed by atoms with van der Waals surface area (Å²) < 4.78 is 7.45. The van der Waals surface area contributed by atoms with Gasteiger partial charge in [-0.15, -0.1) is 0 Å². The van der Waals surface area contributed by atoms with Crippen molar-refractivity contribution in [1.82, 2.24) is 20.1 Å². The summed E-state index contributed by atoms with van der Waals surface area (Å²) in [5, 5.41) is 12.3. The fourth-order valence-corrected chi connectivity index (χ4v) is 4.47. The molecule has 2 amide bonds. The molecule has 3 heterocycles. The van der Waals surface area contributed by atoms with Crippen LogP contribution >= 0.6 is 0 Å². The number of amides is 2. The van der Waals surface area contributed by atoms with Gasteiger partial charge in [-0.1, -0.05) is 19.1 Å². The van der Waals surface area contributed by atoms with Crippen molar-refractivity contribution in [2.75, 3.05) is 18.5 Å².